The van der Waals surface area contributed by atoms with Crippen molar-refractivity contribution in [3.8, 4) is 0 Å². The summed E-state index contributed by atoms with van der Waals surface area (Å²) in [6, 6.07) is 6.76. The molecule has 7 heteroatoms. The van der Waals surface area contributed by atoms with Crippen molar-refractivity contribution < 1.29 is 14.4 Å². The van der Waals surface area contributed by atoms with Gasteiger partial charge in [0.2, 0.25) is 11.8 Å². The van der Waals surface area contributed by atoms with Crippen LogP contribution in [0, 0.1) is 0 Å². The zero-order chi connectivity index (χ0) is 19.3. The van der Waals surface area contributed by atoms with Crippen molar-refractivity contribution in [3.63, 3.8) is 0 Å². The Hall–Kier alpha value is -2.25. The quantitative estimate of drug-likeness (QED) is 0.755. The molecule has 1 aromatic rings. The third-order valence-electron chi connectivity index (χ3n) is 6.73. The molecule has 4 aliphatic heterocycles. The molecule has 4 heterocycles. The second-order valence-corrected chi connectivity index (χ2v) is 8.46. The van der Waals surface area contributed by atoms with Gasteiger partial charge in [-0.25, -0.2) is 0 Å². The highest BCUT2D eigenvalue weighted by molar-refractivity contribution is 6.05. The lowest BCUT2D eigenvalue weighted by Crippen LogP contribution is -2.58. The summed E-state index contributed by atoms with van der Waals surface area (Å²) in [5.74, 6) is -0.712. The number of hydrogen-bond donors (Lipinski definition) is 2. The van der Waals surface area contributed by atoms with E-state index in [4.69, 9.17) is 0 Å². The van der Waals surface area contributed by atoms with Crippen LogP contribution < -0.4 is 10.6 Å². The van der Waals surface area contributed by atoms with Crippen LogP contribution in [0.5, 0.6) is 0 Å². The zero-order valence-corrected chi connectivity index (χ0v) is 15.9. The van der Waals surface area contributed by atoms with Crippen LogP contribution >= 0.6 is 0 Å². The lowest BCUT2D eigenvalue weighted by atomic mass is 9.91. The number of nitrogens with one attached hydrogen (secondary N) is 2. The summed E-state index contributed by atoms with van der Waals surface area (Å²) >= 11 is 0. The largest absolute Gasteiger partial charge is 0.322 e. The van der Waals surface area contributed by atoms with Gasteiger partial charge >= 0.3 is 0 Å². The van der Waals surface area contributed by atoms with Gasteiger partial charge in [-0.2, -0.15) is 0 Å². The number of piperidine rings is 2. The third kappa shape index (κ3) is 3.02. The van der Waals surface area contributed by atoms with Crippen molar-refractivity contribution in [1.82, 2.24) is 20.4 Å². The van der Waals surface area contributed by atoms with E-state index in [0.29, 0.717) is 30.6 Å². The molecule has 2 N–H and O–H groups in total. The van der Waals surface area contributed by atoms with E-state index in [2.05, 4.69) is 27.7 Å². The molecule has 2 bridgehead atoms. The van der Waals surface area contributed by atoms with E-state index < -0.39 is 6.04 Å². The Morgan fingerprint density at radius 2 is 1.82 bits per heavy atom. The van der Waals surface area contributed by atoms with E-state index in [1.165, 1.54) is 24.8 Å². The van der Waals surface area contributed by atoms with Gasteiger partial charge in [0, 0.05) is 50.2 Å². The Morgan fingerprint density at radius 1 is 1.04 bits per heavy atom. The van der Waals surface area contributed by atoms with Crippen LogP contribution in [0.25, 0.3) is 0 Å². The first-order valence-electron chi connectivity index (χ1n) is 10.3. The van der Waals surface area contributed by atoms with E-state index in [-0.39, 0.29) is 24.1 Å². The fourth-order valence-corrected chi connectivity index (χ4v) is 5.27. The van der Waals surface area contributed by atoms with Gasteiger partial charge in [-0.05, 0) is 36.5 Å². The molecule has 0 saturated carbocycles. The Morgan fingerprint density at radius 3 is 2.57 bits per heavy atom. The molecule has 5 rings (SSSR count). The van der Waals surface area contributed by atoms with Crippen LogP contribution in [0.3, 0.4) is 0 Å². The van der Waals surface area contributed by atoms with Crippen LogP contribution in [0.4, 0.5) is 0 Å². The maximum absolute atomic E-state index is 12.8. The highest BCUT2D eigenvalue weighted by Gasteiger charge is 2.39. The van der Waals surface area contributed by atoms with Gasteiger partial charge in [0.15, 0.2) is 0 Å². The third-order valence-corrected chi connectivity index (χ3v) is 6.73. The lowest BCUT2D eigenvalue weighted by Gasteiger charge is -2.46. The molecule has 3 amide bonds. The molecular weight excluding hydrogens is 356 g/mol. The fraction of sp³-hybridized carbons (Fsp3) is 0.571. The molecule has 0 spiro atoms. The molecule has 28 heavy (non-hydrogen) atoms. The fourth-order valence-electron chi connectivity index (χ4n) is 5.27. The van der Waals surface area contributed by atoms with Crippen LogP contribution in [0.1, 0.15) is 53.6 Å². The first-order chi connectivity index (χ1) is 13.6. The smallest absolute Gasteiger partial charge is 0.255 e. The van der Waals surface area contributed by atoms with Crippen LogP contribution in [-0.4, -0.2) is 58.7 Å². The molecule has 3 unspecified atom stereocenters. The Balaban J connectivity index is 1.33. The molecule has 3 atom stereocenters. The number of carbonyl (C=O) groups excluding carboxylic acids is 3. The topological polar surface area (TPSA) is 81.8 Å². The highest BCUT2D eigenvalue weighted by atomic mass is 16.2. The molecular formula is C21H26N4O3. The number of piperazine rings is 1. The number of fused-ring (bicyclic) bond motifs is 3. The summed E-state index contributed by atoms with van der Waals surface area (Å²) in [7, 11) is 0. The lowest BCUT2D eigenvalue weighted by molar-refractivity contribution is -0.136. The van der Waals surface area contributed by atoms with E-state index >= 15 is 0 Å². The highest BCUT2D eigenvalue weighted by Crippen LogP contribution is 2.31. The molecule has 3 fully saturated rings. The number of rotatable bonds is 3. The van der Waals surface area contributed by atoms with E-state index in [9.17, 15) is 14.4 Å². The van der Waals surface area contributed by atoms with Crippen LogP contribution in [-0.2, 0) is 22.7 Å². The van der Waals surface area contributed by atoms with Gasteiger partial charge in [0.1, 0.15) is 6.04 Å². The summed E-state index contributed by atoms with van der Waals surface area (Å²) in [6.45, 7) is 3.48. The second-order valence-electron chi connectivity index (χ2n) is 8.46. The molecule has 0 aromatic heterocycles. The zero-order valence-electron chi connectivity index (χ0n) is 15.9. The Labute approximate surface area is 164 Å². The maximum atomic E-state index is 12.8. The van der Waals surface area contributed by atoms with Gasteiger partial charge in [-0.15, -0.1) is 0 Å². The molecule has 3 saturated heterocycles. The molecule has 4 aliphatic rings. The number of carbonyl (C=O) groups is 3. The van der Waals surface area contributed by atoms with Crippen molar-refractivity contribution in [2.45, 2.75) is 63.3 Å². The second kappa shape index (κ2) is 6.97. The average Bonchev–Trinajstić information content (AvgIpc) is 2.97. The number of imide groups is 1. The Bertz CT molecular complexity index is 817. The van der Waals surface area contributed by atoms with Crippen molar-refractivity contribution >= 4 is 17.7 Å². The van der Waals surface area contributed by atoms with Gasteiger partial charge in [-0.1, -0.05) is 18.6 Å². The van der Waals surface area contributed by atoms with Crippen molar-refractivity contribution in [2.75, 3.05) is 13.1 Å². The monoisotopic (exact) mass is 382 g/mol. The minimum absolute atomic E-state index is 0.102. The summed E-state index contributed by atoms with van der Waals surface area (Å²) in [6.07, 6.45) is 4.49. The summed E-state index contributed by atoms with van der Waals surface area (Å²) in [5, 5.41) is 5.90. The predicted octanol–water partition coefficient (Wildman–Crippen LogP) is 0.774. The SMILES string of the molecule is O=C1CCC(N2Cc3cc(CN4C5CCCC4CNC5)ccc3C2=O)C(=O)N1. The van der Waals surface area contributed by atoms with Gasteiger partial charge in [0.05, 0.1) is 0 Å². The number of amides is 3. The van der Waals surface area contributed by atoms with Crippen LogP contribution in [0.2, 0.25) is 0 Å². The van der Waals surface area contributed by atoms with Gasteiger partial charge in [0.25, 0.3) is 5.91 Å². The van der Waals surface area contributed by atoms with Crippen molar-refractivity contribution in [2.24, 2.45) is 0 Å². The Kier molecular flexibility index (Phi) is 4.44. The summed E-state index contributed by atoms with van der Waals surface area (Å²) < 4.78 is 0. The molecule has 7 nitrogen and oxygen atoms in total. The minimum Gasteiger partial charge on any atom is -0.322 e. The number of nitrogens with zero attached hydrogens (tertiary/aromatic N) is 2. The minimum atomic E-state index is -0.548. The van der Waals surface area contributed by atoms with Gasteiger partial charge < -0.3 is 10.2 Å². The molecule has 1 aromatic carbocycles. The van der Waals surface area contributed by atoms with Crippen molar-refractivity contribution in [3.05, 3.63) is 34.9 Å². The van der Waals surface area contributed by atoms with E-state index in [1.807, 2.05) is 6.07 Å². The summed E-state index contributed by atoms with van der Waals surface area (Å²) in [4.78, 5) is 40.7. The normalized spacial score (nSPS) is 30.4. The number of hydrogen-bond acceptors (Lipinski definition) is 5. The summed E-state index contributed by atoms with van der Waals surface area (Å²) in [5.41, 5.74) is 2.91. The standard InChI is InChI=1S/C21H26N4O3/c26-19-7-6-18(20(27)23-19)25-12-14-8-13(4-5-17(14)21(25)28)11-24-15-2-1-3-16(24)10-22-9-15/h4-5,8,15-16,18,22H,1-3,6-7,9-12H2,(H,23,26,27). The van der Waals surface area contributed by atoms with E-state index in [0.717, 1.165) is 25.2 Å². The molecule has 148 valence electrons. The predicted molar refractivity (Wildman–Crippen MR) is 102 cm³/mol. The number of benzene rings is 1. The van der Waals surface area contributed by atoms with Crippen LogP contribution in [0.15, 0.2) is 18.2 Å². The average molecular weight is 382 g/mol. The molecule has 0 radical (unpaired) electrons. The first-order valence-corrected chi connectivity index (χ1v) is 10.3. The van der Waals surface area contributed by atoms with E-state index in [1.54, 1.807) is 4.90 Å². The maximum Gasteiger partial charge on any atom is 0.255 e. The molecule has 0 aliphatic carbocycles. The van der Waals surface area contributed by atoms with Crippen molar-refractivity contribution in [1.29, 1.82) is 0 Å². The van der Waals surface area contributed by atoms with Gasteiger partial charge in [-0.3, -0.25) is 24.6 Å². The first kappa shape index (κ1) is 17.8.